The van der Waals surface area contributed by atoms with E-state index in [1.165, 1.54) is 47.1 Å². The molecule has 0 unspecified atom stereocenters. The van der Waals surface area contributed by atoms with Crippen molar-refractivity contribution in [3.05, 3.63) is 74.1 Å². The van der Waals surface area contributed by atoms with Gasteiger partial charge in [-0.15, -0.1) is 0 Å². The van der Waals surface area contributed by atoms with E-state index in [0.717, 1.165) is 18.3 Å². The second-order valence-electron chi connectivity index (χ2n) is 14.1. The molecule has 0 amide bonds. The number of fused-ring (bicyclic) bond motifs is 3. The largest absolute Gasteiger partial charge is 1.00 e. The molecule has 4 rings (SSSR count). The van der Waals surface area contributed by atoms with Crippen molar-refractivity contribution < 1.29 is 46.1 Å². The van der Waals surface area contributed by atoms with Crippen molar-refractivity contribution in [2.75, 3.05) is 0 Å². The van der Waals surface area contributed by atoms with Gasteiger partial charge in [0.1, 0.15) is 0 Å². The molecule has 0 radical (unpaired) electrons. The number of hydrogen-bond acceptors (Lipinski definition) is 0. The third kappa shape index (κ3) is 7.30. The molecule has 0 spiro atoms. The van der Waals surface area contributed by atoms with Crippen LogP contribution in [-0.4, -0.2) is 3.21 Å². The molecule has 3 heteroatoms. The molecule has 0 fully saturated rings. The predicted molar refractivity (Wildman–Crippen MR) is 157 cm³/mol. The Morgan fingerprint density at radius 3 is 1.87 bits per heavy atom. The molecule has 0 bridgehead atoms. The summed E-state index contributed by atoms with van der Waals surface area (Å²) in [4.78, 5) is 0. The molecule has 38 heavy (non-hydrogen) atoms. The van der Waals surface area contributed by atoms with E-state index in [-0.39, 0.29) is 35.6 Å². The van der Waals surface area contributed by atoms with Gasteiger partial charge in [0.05, 0.1) is 0 Å². The van der Waals surface area contributed by atoms with Gasteiger partial charge < -0.3 is 24.8 Å². The van der Waals surface area contributed by atoms with E-state index in [1.807, 2.05) is 3.21 Å². The Labute approximate surface area is 253 Å². The zero-order valence-corrected chi connectivity index (χ0v) is 29.3. The van der Waals surface area contributed by atoms with Gasteiger partial charge in [-0.05, 0) is 0 Å². The fraction of sp³-hybridized carbons (Fsp3) is 0.514. The van der Waals surface area contributed by atoms with Crippen molar-refractivity contribution in [1.82, 2.24) is 0 Å². The monoisotopic (exact) mass is 628 g/mol. The zero-order valence-electron chi connectivity index (χ0n) is 25.4. The van der Waals surface area contributed by atoms with Crippen LogP contribution >= 0.6 is 0 Å². The minimum atomic E-state index is -2.27. The Hall–Kier alpha value is -0.747. The van der Waals surface area contributed by atoms with Crippen LogP contribution in [0.1, 0.15) is 111 Å². The van der Waals surface area contributed by atoms with Crippen molar-refractivity contribution in [2.24, 2.45) is 11.8 Å². The van der Waals surface area contributed by atoms with Crippen LogP contribution in [0, 0.1) is 11.8 Å². The van der Waals surface area contributed by atoms with Gasteiger partial charge >= 0.3 is 231 Å². The summed E-state index contributed by atoms with van der Waals surface area (Å²) in [5.41, 5.74) is 9.50. The molecule has 2 aliphatic rings. The number of rotatable bonds is 6. The summed E-state index contributed by atoms with van der Waals surface area (Å²) >= 11 is -2.27. The van der Waals surface area contributed by atoms with Crippen molar-refractivity contribution >= 4 is 6.48 Å². The van der Waals surface area contributed by atoms with Crippen molar-refractivity contribution in [3.8, 4) is 11.1 Å². The van der Waals surface area contributed by atoms with E-state index in [1.54, 1.807) is 12.1 Å². The Kier molecular flexibility index (Phi) is 11.3. The molecule has 206 valence electrons. The van der Waals surface area contributed by atoms with Crippen molar-refractivity contribution in [3.63, 3.8) is 0 Å². The van der Waals surface area contributed by atoms with Crippen molar-refractivity contribution in [1.29, 1.82) is 0 Å². The van der Waals surface area contributed by atoms with E-state index in [4.69, 9.17) is 0 Å². The van der Waals surface area contributed by atoms with E-state index in [0.29, 0.717) is 0 Å². The second-order valence-corrected chi connectivity index (χ2v) is 20.6. The van der Waals surface area contributed by atoms with Crippen molar-refractivity contribution in [2.45, 2.75) is 106 Å². The third-order valence-corrected chi connectivity index (χ3v) is 15.4. The summed E-state index contributed by atoms with van der Waals surface area (Å²) in [5, 5.41) is 0. The molecule has 0 N–H and O–H groups in total. The molecular weight excluding hydrogens is 583 g/mol. The Morgan fingerprint density at radius 2 is 1.37 bits per heavy atom. The fourth-order valence-electron chi connectivity index (χ4n) is 5.89. The average molecular weight is 631 g/mol. The van der Waals surface area contributed by atoms with E-state index in [9.17, 15) is 0 Å². The van der Waals surface area contributed by atoms with Gasteiger partial charge in [0, 0.05) is 0 Å². The molecule has 0 saturated heterocycles. The molecule has 2 aromatic rings. The van der Waals surface area contributed by atoms with Crippen LogP contribution in [0.15, 0.2) is 51.8 Å². The number of benzene rings is 2. The first-order valence-corrected chi connectivity index (χ1v) is 17.8. The summed E-state index contributed by atoms with van der Waals surface area (Å²) in [7, 11) is 0. The molecule has 2 aromatic carbocycles. The normalized spacial score (nSPS) is 13.9. The number of allylic oxidation sites excluding steroid dienone is 4. The van der Waals surface area contributed by atoms with Gasteiger partial charge in [0.2, 0.25) is 0 Å². The van der Waals surface area contributed by atoms with Gasteiger partial charge in [0.25, 0.3) is 0 Å². The summed E-state index contributed by atoms with van der Waals surface area (Å²) < 4.78 is 5.49. The SMILES string of the molecule is CC(C)C[C](CC(C)C)=[Zr+2]([C]1=CC=CC1)[c]1cc(C(C)(C)C)cc2c1Cc1ccc(C(C)(C)C)cc1-2.[Cl-].[Cl-]. The molecular formula is C35H48Cl2Zr. The van der Waals surface area contributed by atoms with Crippen LogP contribution in [0.25, 0.3) is 11.1 Å². The van der Waals surface area contributed by atoms with E-state index >= 15 is 0 Å². The first-order valence-electron chi connectivity index (χ1n) is 14.1. The summed E-state index contributed by atoms with van der Waals surface area (Å²) in [5.74, 6) is 1.43. The molecule has 0 aromatic heterocycles. The smallest absolute Gasteiger partial charge is 1.00 e. The van der Waals surface area contributed by atoms with Crippen LogP contribution in [-0.2, 0) is 38.5 Å². The van der Waals surface area contributed by atoms with Crippen LogP contribution < -0.4 is 28.1 Å². The van der Waals surface area contributed by atoms with Gasteiger partial charge in [0.15, 0.2) is 0 Å². The minimum Gasteiger partial charge on any atom is -1.00 e. The fourth-order valence-corrected chi connectivity index (χ4v) is 15.3. The van der Waals surface area contributed by atoms with E-state index in [2.05, 4.69) is 118 Å². The Balaban J connectivity index is 0.00000253. The Morgan fingerprint density at radius 1 is 0.789 bits per heavy atom. The van der Waals surface area contributed by atoms with Crippen LogP contribution in [0.2, 0.25) is 0 Å². The molecule has 2 aliphatic carbocycles. The molecule has 0 heterocycles. The average Bonchev–Trinajstić information content (AvgIpc) is 3.39. The second kappa shape index (κ2) is 12.8. The first-order chi connectivity index (χ1) is 16.8. The van der Waals surface area contributed by atoms with Gasteiger partial charge in [-0.1, -0.05) is 0 Å². The minimum absolute atomic E-state index is 0. The zero-order chi connectivity index (χ0) is 26.4. The van der Waals surface area contributed by atoms with Gasteiger partial charge in [-0.3, -0.25) is 0 Å². The quantitative estimate of drug-likeness (QED) is 0.393. The maximum absolute atomic E-state index is 2.68. The third-order valence-electron chi connectivity index (χ3n) is 7.77. The topological polar surface area (TPSA) is 0 Å². The van der Waals surface area contributed by atoms with Crippen LogP contribution in [0.3, 0.4) is 0 Å². The molecule has 0 saturated carbocycles. The molecule has 0 atom stereocenters. The summed E-state index contributed by atoms with van der Waals surface area (Å²) in [6.45, 7) is 23.9. The van der Waals surface area contributed by atoms with E-state index < -0.39 is 21.3 Å². The number of halogens is 2. The first kappa shape index (κ1) is 33.5. The summed E-state index contributed by atoms with van der Waals surface area (Å²) in [6, 6.07) is 12.6. The Bertz CT molecular complexity index is 1230. The molecule has 0 nitrogen and oxygen atoms in total. The standard InChI is InChI=1S/C21H25.C9H18.C5H5.2ClH.Zr/c1-20(2,3)16-9-7-14-11-15-8-10-17(21(4,5)6)13-19(15)18(14)12-16;1-8(2)6-5-7-9(3)4;1-2-4-5-3-1;;;/h7,9-10,12-13H,11H2,1-6H3;8-9H,6-7H2,1-4H3;1-3H,4H2;2*1H;/q;;;;;+2/p-2. The van der Waals surface area contributed by atoms with Gasteiger partial charge in [-0.25, -0.2) is 0 Å². The summed E-state index contributed by atoms with van der Waals surface area (Å²) in [6.07, 6.45) is 12.1. The predicted octanol–water partition coefficient (Wildman–Crippen LogP) is 3.21. The maximum atomic E-state index is 2.68. The van der Waals surface area contributed by atoms with Gasteiger partial charge in [-0.2, -0.15) is 0 Å². The van der Waals surface area contributed by atoms with Crippen LogP contribution in [0.5, 0.6) is 0 Å². The molecule has 0 aliphatic heterocycles. The maximum Gasteiger partial charge on any atom is -1.00 e. The number of hydrogen-bond donors (Lipinski definition) is 0. The van der Waals surface area contributed by atoms with Crippen LogP contribution in [0.4, 0.5) is 0 Å².